The predicted octanol–water partition coefficient (Wildman–Crippen LogP) is 7.78. The normalized spacial score (nSPS) is 12.5. The first-order valence-electron chi connectivity index (χ1n) is 18.4. The number of amides is 4. The SMILES string of the molecule is CN(Cc1ccc(NC(=O)c2cccc(CNc3ncc(-c4ccnc(N(C(=O)OC(C)(C)C)C(=O)OC(C)(C)C)n4)c4c3CCO4)c2)nc1)C(=O)OC(C)(C)C. The van der Waals surface area contributed by atoms with Gasteiger partial charge in [-0.1, -0.05) is 18.2 Å². The Morgan fingerprint density at radius 3 is 2.09 bits per heavy atom. The molecule has 4 aromatic rings. The largest absolute Gasteiger partial charge is 0.492 e. The van der Waals surface area contributed by atoms with E-state index in [-0.39, 0.29) is 11.9 Å². The summed E-state index contributed by atoms with van der Waals surface area (Å²) in [4.78, 5) is 71.8. The highest BCUT2D eigenvalue weighted by atomic mass is 16.6. The fraction of sp³-hybridized carbons (Fsp3) is 0.415. The van der Waals surface area contributed by atoms with E-state index >= 15 is 0 Å². The van der Waals surface area contributed by atoms with Crippen LogP contribution in [-0.4, -0.2) is 79.5 Å². The molecule has 57 heavy (non-hydrogen) atoms. The average Bonchev–Trinajstić information content (AvgIpc) is 3.60. The van der Waals surface area contributed by atoms with Crippen molar-refractivity contribution in [3.8, 4) is 17.0 Å². The Hall–Kier alpha value is -6.32. The second-order valence-electron chi connectivity index (χ2n) is 16.4. The Morgan fingerprint density at radius 1 is 0.789 bits per heavy atom. The van der Waals surface area contributed by atoms with E-state index in [2.05, 4.69) is 30.6 Å². The first kappa shape index (κ1) is 41.8. The highest BCUT2D eigenvalue weighted by Crippen LogP contribution is 2.39. The van der Waals surface area contributed by atoms with Crippen molar-refractivity contribution in [3.63, 3.8) is 0 Å². The minimum atomic E-state index is -0.984. The van der Waals surface area contributed by atoms with Crippen molar-refractivity contribution in [3.05, 3.63) is 83.3 Å². The van der Waals surface area contributed by atoms with Crippen molar-refractivity contribution in [1.29, 1.82) is 0 Å². The summed E-state index contributed by atoms with van der Waals surface area (Å²) in [6.07, 6.45) is 2.79. The van der Waals surface area contributed by atoms with Gasteiger partial charge in [0.2, 0.25) is 5.95 Å². The molecule has 3 aromatic heterocycles. The molecule has 2 N–H and O–H groups in total. The van der Waals surface area contributed by atoms with Gasteiger partial charge in [-0.15, -0.1) is 4.90 Å². The number of carbonyl (C=O) groups excluding carboxylic acids is 4. The second kappa shape index (κ2) is 16.8. The molecule has 0 saturated carbocycles. The molecule has 1 aromatic carbocycles. The zero-order valence-electron chi connectivity index (χ0n) is 34.1. The molecule has 16 nitrogen and oxygen atoms in total. The summed E-state index contributed by atoms with van der Waals surface area (Å²) in [5, 5.41) is 6.19. The quantitative estimate of drug-likeness (QED) is 0.157. The van der Waals surface area contributed by atoms with Crippen molar-refractivity contribution in [2.45, 2.75) is 98.6 Å². The topological polar surface area (TPSA) is 187 Å². The van der Waals surface area contributed by atoms with Crippen LogP contribution in [0.3, 0.4) is 0 Å². The number of carbonyl (C=O) groups is 4. The van der Waals surface area contributed by atoms with Crippen molar-refractivity contribution in [1.82, 2.24) is 24.8 Å². The number of pyridine rings is 2. The third kappa shape index (κ3) is 11.6. The monoisotopic (exact) mass is 782 g/mol. The van der Waals surface area contributed by atoms with Crippen molar-refractivity contribution < 1.29 is 38.1 Å². The summed E-state index contributed by atoms with van der Waals surface area (Å²) in [6.45, 7) is 16.6. The smallest absolute Gasteiger partial charge is 0.427 e. The third-order valence-electron chi connectivity index (χ3n) is 7.84. The summed E-state index contributed by atoms with van der Waals surface area (Å²) >= 11 is 0. The fourth-order valence-corrected chi connectivity index (χ4v) is 5.45. The van der Waals surface area contributed by atoms with Gasteiger partial charge in [0.05, 0.1) is 24.4 Å². The lowest BCUT2D eigenvalue weighted by molar-refractivity contribution is 0.0283. The molecule has 4 heterocycles. The van der Waals surface area contributed by atoms with Gasteiger partial charge < -0.3 is 34.5 Å². The molecule has 302 valence electrons. The van der Waals surface area contributed by atoms with E-state index in [0.717, 1.165) is 16.7 Å². The summed E-state index contributed by atoms with van der Waals surface area (Å²) < 4.78 is 22.4. The Bertz CT molecular complexity index is 2090. The van der Waals surface area contributed by atoms with E-state index in [1.165, 1.54) is 11.1 Å². The number of nitrogens with one attached hydrogen (secondary N) is 2. The predicted molar refractivity (Wildman–Crippen MR) is 213 cm³/mol. The molecule has 0 aliphatic carbocycles. The summed E-state index contributed by atoms with van der Waals surface area (Å²) in [7, 11) is 1.65. The van der Waals surface area contributed by atoms with E-state index in [0.29, 0.717) is 65.2 Å². The molecule has 0 radical (unpaired) electrons. The maximum Gasteiger partial charge on any atom is 0.427 e. The molecule has 5 rings (SSSR count). The van der Waals surface area contributed by atoms with E-state index in [1.54, 1.807) is 97.4 Å². The van der Waals surface area contributed by atoms with Gasteiger partial charge in [-0.25, -0.2) is 34.3 Å². The number of anilines is 3. The number of hydrogen-bond acceptors (Lipinski definition) is 13. The number of benzene rings is 1. The van der Waals surface area contributed by atoms with Crippen molar-refractivity contribution in [2.24, 2.45) is 0 Å². The van der Waals surface area contributed by atoms with Gasteiger partial charge >= 0.3 is 18.3 Å². The van der Waals surface area contributed by atoms with Gasteiger partial charge in [0.1, 0.15) is 34.2 Å². The van der Waals surface area contributed by atoms with Crippen molar-refractivity contribution in [2.75, 3.05) is 29.2 Å². The second-order valence-corrected chi connectivity index (χ2v) is 16.4. The summed E-state index contributed by atoms with van der Waals surface area (Å²) in [5.74, 6) is 0.957. The first-order chi connectivity index (χ1) is 26.7. The Morgan fingerprint density at radius 2 is 1.46 bits per heavy atom. The number of hydrogen-bond donors (Lipinski definition) is 2. The lowest BCUT2D eigenvalue weighted by Crippen LogP contribution is -2.44. The van der Waals surface area contributed by atoms with Gasteiger partial charge in [-0.05, 0) is 97.7 Å². The van der Waals surface area contributed by atoms with Crippen LogP contribution in [-0.2, 0) is 33.7 Å². The minimum absolute atomic E-state index is 0.232. The molecule has 0 fully saturated rings. The summed E-state index contributed by atoms with van der Waals surface area (Å²) in [5.41, 5.74) is 1.37. The van der Waals surface area contributed by atoms with Gasteiger partial charge in [-0.3, -0.25) is 4.79 Å². The number of aromatic nitrogens is 4. The van der Waals surface area contributed by atoms with Crippen LogP contribution in [0, 0.1) is 0 Å². The van der Waals surface area contributed by atoms with Gasteiger partial charge in [0, 0.05) is 49.7 Å². The molecule has 0 atom stereocenters. The molecular formula is C41H50N8O8. The molecule has 0 bridgehead atoms. The van der Waals surface area contributed by atoms with E-state index in [4.69, 9.17) is 18.9 Å². The zero-order chi connectivity index (χ0) is 41.7. The lowest BCUT2D eigenvalue weighted by Gasteiger charge is -2.27. The van der Waals surface area contributed by atoms with E-state index < -0.39 is 35.1 Å². The fourth-order valence-electron chi connectivity index (χ4n) is 5.45. The standard InChI is InChI=1S/C41H50N8O8/c1-39(2,3)55-36(51)48(10)24-26-14-15-31(43-22-26)47-34(50)27-13-11-12-25(20-27)21-44-33-28-17-19-54-32(28)29(23-45-33)30-16-18-42-35(46-30)49(37(52)56-40(4,5)6)38(53)57-41(7,8)9/h11-16,18,20,22-23H,17,19,21,24H2,1-10H3,(H,44,45)(H,43,47,50). The van der Waals surface area contributed by atoms with Crippen LogP contribution in [0.15, 0.2) is 61.1 Å². The number of imide groups is 1. The maximum absolute atomic E-state index is 13.2. The van der Waals surface area contributed by atoms with Crippen LogP contribution in [0.5, 0.6) is 5.75 Å². The molecule has 0 spiro atoms. The zero-order valence-corrected chi connectivity index (χ0v) is 34.1. The van der Waals surface area contributed by atoms with Gasteiger partial charge in [-0.2, -0.15) is 0 Å². The maximum atomic E-state index is 13.2. The minimum Gasteiger partial charge on any atom is -0.492 e. The molecular weight excluding hydrogens is 732 g/mol. The van der Waals surface area contributed by atoms with Crippen LogP contribution in [0.2, 0.25) is 0 Å². The molecule has 0 unspecified atom stereocenters. The first-order valence-corrected chi connectivity index (χ1v) is 18.4. The number of ether oxygens (including phenoxy) is 4. The van der Waals surface area contributed by atoms with Crippen LogP contribution < -0.4 is 20.3 Å². The number of rotatable bonds is 9. The van der Waals surface area contributed by atoms with Crippen LogP contribution in [0.4, 0.5) is 32.0 Å². The third-order valence-corrected chi connectivity index (χ3v) is 7.84. The van der Waals surface area contributed by atoms with Crippen LogP contribution >= 0.6 is 0 Å². The summed E-state index contributed by atoms with van der Waals surface area (Å²) in [6, 6.07) is 12.3. The van der Waals surface area contributed by atoms with Crippen molar-refractivity contribution >= 4 is 41.8 Å². The molecule has 1 aliphatic heterocycles. The Labute approximate surface area is 332 Å². The Balaban J connectivity index is 1.27. The average molecular weight is 783 g/mol. The highest BCUT2D eigenvalue weighted by molar-refractivity contribution is 6.08. The van der Waals surface area contributed by atoms with E-state index in [9.17, 15) is 19.2 Å². The molecule has 4 amide bonds. The highest BCUT2D eigenvalue weighted by Gasteiger charge is 2.35. The molecule has 1 aliphatic rings. The molecule has 0 saturated heterocycles. The van der Waals surface area contributed by atoms with Crippen LogP contribution in [0.1, 0.15) is 89.4 Å². The van der Waals surface area contributed by atoms with Crippen LogP contribution in [0.25, 0.3) is 11.3 Å². The van der Waals surface area contributed by atoms with Gasteiger partial charge in [0.15, 0.2) is 0 Å². The molecule has 16 heteroatoms. The number of fused-ring (bicyclic) bond motifs is 1. The Kier molecular flexibility index (Phi) is 12.3. The van der Waals surface area contributed by atoms with E-state index in [1.807, 2.05) is 26.8 Å². The lowest BCUT2D eigenvalue weighted by atomic mass is 10.1. The number of nitrogens with zero attached hydrogens (tertiary/aromatic N) is 6. The van der Waals surface area contributed by atoms with Gasteiger partial charge in [0.25, 0.3) is 5.91 Å².